The van der Waals surface area contributed by atoms with Gasteiger partial charge in [0, 0.05) is 42.2 Å². The van der Waals surface area contributed by atoms with Crippen molar-refractivity contribution in [1.82, 2.24) is 9.58 Å². The standard InChI is InChI=1S/C25H36N4O3/c1-18(2)23-17-20(22(13-10-16-30)29(23)24(31)32-25(3,4)5)19-11-6-7-12-21(19)26-27-28-14-8-9-15-28/h6-7,11-12,17-18,30H,8-10,13-16H2,1-5H3/b27-26-. The Morgan fingerprint density at radius 1 is 1.16 bits per heavy atom. The summed E-state index contributed by atoms with van der Waals surface area (Å²) in [6, 6.07) is 9.94. The summed E-state index contributed by atoms with van der Waals surface area (Å²) in [5.41, 5.74) is 3.73. The lowest BCUT2D eigenvalue weighted by Gasteiger charge is -2.22. The van der Waals surface area contributed by atoms with Crippen LogP contribution in [-0.2, 0) is 11.2 Å². The van der Waals surface area contributed by atoms with Gasteiger partial charge in [0.25, 0.3) is 0 Å². The van der Waals surface area contributed by atoms with Gasteiger partial charge in [0.05, 0.1) is 5.69 Å². The van der Waals surface area contributed by atoms with Gasteiger partial charge in [-0.25, -0.2) is 4.79 Å². The molecule has 1 aliphatic heterocycles. The van der Waals surface area contributed by atoms with Crippen LogP contribution in [0.3, 0.4) is 0 Å². The molecule has 0 aliphatic carbocycles. The molecule has 174 valence electrons. The molecule has 1 N–H and O–H groups in total. The predicted octanol–water partition coefficient (Wildman–Crippen LogP) is 6.08. The summed E-state index contributed by atoms with van der Waals surface area (Å²) in [5, 5.41) is 20.5. The van der Waals surface area contributed by atoms with Crippen LogP contribution in [0.4, 0.5) is 10.5 Å². The van der Waals surface area contributed by atoms with Gasteiger partial charge in [-0.05, 0) is 64.5 Å². The highest BCUT2D eigenvalue weighted by Crippen LogP contribution is 2.38. The molecular formula is C25H36N4O3. The van der Waals surface area contributed by atoms with Crippen molar-refractivity contribution in [1.29, 1.82) is 0 Å². The molecular weight excluding hydrogens is 404 g/mol. The number of carbonyl (C=O) groups is 1. The van der Waals surface area contributed by atoms with Gasteiger partial charge in [-0.3, -0.25) is 9.58 Å². The van der Waals surface area contributed by atoms with Crippen LogP contribution in [0, 0.1) is 0 Å². The topological polar surface area (TPSA) is 79.4 Å². The van der Waals surface area contributed by atoms with Crippen LogP contribution in [-0.4, -0.2) is 46.1 Å². The fraction of sp³-hybridized carbons (Fsp3) is 0.560. The molecule has 1 saturated heterocycles. The van der Waals surface area contributed by atoms with Crippen LogP contribution in [0.5, 0.6) is 0 Å². The molecule has 2 heterocycles. The summed E-state index contributed by atoms with van der Waals surface area (Å²) in [7, 11) is 0. The summed E-state index contributed by atoms with van der Waals surface area (Å²) in [6.45, 7) is 11.6. The number of rotatable bonds is 7. The van der Waals surface area contributed by atoms with E-state index in [1.54, 1.807) is 4.57 Å². The lowest BCUT2D eigenvalue weighted by Crippen LogP contribution is -2.29. The van der Waals surface area contributed by atoms with Crippen molar-refractivity contribution >= 4 is 11.8 Å². The molecule has 3 rings (SSSR count). The third kappa shape index (κ3) is 5.76. The minimum atomic E-state index is -0.605. The third-order valence-electron chi connectivity index (χ3n) is 5.43. The van der Waals surface area contributed by atoms with E-state index in [-0.39, 0.29) is 12.5 Å². The van der Waals surface area contributed by atoms with Gasteiger partial charge < -0.3 is 9.84 Å². The molecule has 0 saturated carbocycles. The first-order chi connectivity index (χ1) is 15.2. The van der Waals surface area contributed by atoms with E-state index in [1.807, 2.05) is 50.0 Å². The molecule has 0 bridgehead atoms. The highest BCUT2D eigenvalue weighted by molar-refractivity contribution is 5.83. The Morgan fingerprint density at radius 2 is 1.84 bits per heavy atom. The number of aromatic nitrogens is 1. The van der Waals surface area contributed by atoms with E-state index in [9.17, 15) is 9.90 Å². The van der Waals surface area contributed by atoms with Crippen LogP contribution in [0.15, 0.2) is 40.7 Å². The van der Waals surface area contributed by atoms with E-state index < -0.39 is 11.7 Å². The third-order valence-corrected chi connectivity index (χ3v) is 5.43. The fourth-order valence-corrected chi connectivity index (χ4v) is 3.94. The summed E-state index contributed by atoms with van der Waals surface area (Å²) in [5.74, 6) is 0.113. The van der Waals surface area contributed by atoms with Crippen LogP contribution in [0.1, 0.15) is 71.2 Å². The van der Waals surface area contributed by atoms with Crippen molar-refractivity contribution in [3.63, 3.8) is 0 Å². The first kappa shape index (κ1) is 24.0. The number of ether oxygens (including phenoxy) is 1. The predicted molar refractivity (Wildman–Crippen MR) is 126 cm³/mol. The minimum Gasteiger partial charge on any atom is -0.443 e. The summed E-state index contributed by atoms with van der Waals surface area (Å²) < 4.78 is 7.43. The Bertz CT molecular complexity index is 951. The maximum absolute atomic E-state index is 13.2. The zero-order chi connectivity index (χ0) is 23.3. The molecule has 0 spiro atoms. The molecule has 1 aliphatic rings. The quantitative estimate of drug-likeness (QED) is 0.529. The van der Waals surface area contributed by atoms with Gasteiger partial charge >= 0.3 is 6.09 Å². The normalized spacial score (nSPS) is 14.7. The van der Waals surface area contributed by atoms with Gasteiger partial charge in [-0.1, -0.05) is 37.3 Å². The van der Waals surface area contributed by atoms with Crippen LogP contribution in [0.2, 0.25) is 0 Å². The lowest BCUT2D eigenvalue weighted by molar-refractivity contribution is 0.0526. The molecule has 7 heteroatoms. The number of hydrogen-bond donors (Lipinski definition) is 1. The first-order valence-corrected chi connectivity index (χ1v) is 11.6. The van der Waals surface area contributed by atoms with Crippen molar-refractivity contribution in [3.05, 3.63) is 41.7 Å². The second-order valence-electron chi connectivity index (χ2n) is 9.59. The van der Waals surface area contributed by atoms with Gasteiger partial charge in [-0.15, -0.1) is 5.11 Å². The molecule has 32 heavy (non-hydrogen) atoms. The van der Waals surface area contributed by atoms with E-state index in [1.165, 1.54) is 0 Å². The number of benzene rings is 1. The number of aliphatic hydroxyl groups is 1. The van der Waals surface area contributed by atoms with E-state index in [2.05, 4.69) is 30.3 Å². The molecule has 1 aromatic heterocycles. The maximum atomic E-state index is 13.2. The summed E-state index contributed by atoms with van der Waals surface area (Å²) >= 11 is 0. The SMILES string of the molecule is CC(C)c1cc(-c2ccccc2/N=N\N2CCCC2)c(CCCO)n1C(=O)OC(C)(C)C. The fourth-order valence-electron chi connectivity index (χ4n) is 3.94. The number of carbonyl (C=O) groups excluding carboxylic acids is 1. The summed E-state index contributed by atoms with van der Waals surface area (Å²) in [6.07, 6.45) is 2.99. The number of aliphatic hydroxyl groups excluding tert-OH is 1. The van der Waals surface area contributed by atoms with Crippen LogP contribution in [0.25, 0.3) is 11.1 Å². The number of hydrogen-bond acceptors (Lipinski definition) is 5. The van der Waals surface area contributed by atoms with Crippen molar-refractivity contribution < 1.29 is 14.6 Å². The largest absolute Gasteiger partial charge is 0.443 e. The molecule has 7 nitrogen and oxygen atoms in total. The smallest absolute Gasteiger partial charge is 0.418 e. The van der Waals surface area contributed by atoms with Crippen LogP contribution < -0.4 is 0 Å². The second kappa shape index (κ2) is 10.3. The molecule has 0 radical (unpaired) electrons. The highest BCUT2D eigenvalue weighted by atomic mass is 16.6. The van der Waals surface area contributed by atoms with Gasteiger partial charge in [0.1, 0.15) is 5.60 Å². The Labute approximate surface area is 191 Å². The van der Waals surface area contributed by atoms with Gasteiger partial charge in [-0.2, -0.15) is 0 Å². The number of nitrogens with zero attached hydrogens (tertiary/aromatic N) is 4. The zero-order valence-corrected chi connectivity index (χ0v) is 20.0. The van der Waals surface area contributed by atoms with Crippen molar-refractivity contribution in [2.24, 2.45) is 10.3 Å². The minimum absolute atomic E-state index is 0.0479. The van der Waals surface area contributed by atoms with Crippen LogP contribution >= 0.6 is 0 Å². The van der Waals surface area contributed by atoms with Crippen molar-refractivity contribution in [3.8, 4) is 11.1 Å². The van der Waals surface area contributed by atoms with Crippen molar-refractivity contribution in [2.45, 2.75) is 71.8 Å². The first-order valence-electron chi connectivity index (χ1n) is 11.6. The van der Waals surface area contributed by atoms with Gasteiger partial charge in [0.2, 0.25) is 0 Å². The molecule has 0 atom stereocenters. The van der Waals surface area contributed by atoms with Gasteiger partial charge in [0.15, 0.2) is 0 Å². The van der Waals surface area contributed by atoms with E-state index in [4.69, 9.17) is 4.74 Å². The van der Waals surface area contributed by atoms with E-state index in [0.717, 1.165) is 54.1 Å². The molecule has 1 fully saturated rings. The monoisotopic (exact) mass is 440 g/mol. The molecule has 0 unspecified atom stereocenters. The van der Waals surface area contributed by atoms with Crippen molar-refractivity contribution in [2.75, 3.05) is 19.7 Å². The molecule has 0 amide bonds. The molecule has 1 aromatic carbocycles. The average molecular weight is 441 g/mol. The zero-order valence-electron chi connectivity index (χ0n) is 20.0. The summed E-state index contributed by atoms with van der Waals surface area (Å²) in [4.78, 5) is 13.2. The lowest BCUT2D eigenvalue weighted by atomic mass is 10.0. The Morgan fingerprint density at radius 3 is 2.47 bits per heavy atom. The Kier molecular flexibility index (Phi) is 7.72. The molecule has 2 aromatic rings. The Balaban J connectivity index is 2.12. The average Bonchev–Trinajstić information content (AvgIpc) is 3.37. The van der Waals surface area contributed by atoms with E-state index in [0.29, 0.717) is 12.8 Å². The highest BCUT2D eigenvalue weighted by Gasteiger charge is 2.27. The second-order valence-corrected chi connectivity index (χ2v) is 9.59. The maximum Gasteiger partial charge on any atom is 0.418 e. The Hall–Kier alpha value is -2.67. The van der Waals surface area contributed by atoms with E-state index >= 15 is 0 Å².